The van der Waals surface area contributed by atoms with Crippen LogP contribution in [0, 0.1) is 4.77 Å². The molecule has 0 aliphatic heterocycles. The van der Waals surface area contributed by atoms with Crippen LogP contribution in [0.15, 0.2) is 29.1 Å². The number of carboxylic acid groups (broad SMARTS) is 1. The molecule has 0 saturated carbocycles. The summed E-state index contributed by atoms with van der Waals surface area (Å²) in [6.07, 6.45) is 0.551. The summed E-state index contributed by atoms with van der Waals surface area (Å²) in [5.74, 6) is -0.838. The summed E-state index contributed by atoms with van der Waals surface area (Å²) in [4.78, 5) is 24.8. The van der Waals surface area contributed by atoms with Gasteiger partial charge < -0.3 is 9.67 Å². The van der Waals surface area contributed by atoms with Crippen LogP contribution < -0.4 is 5.56 Å². The Morgan fingerprint density at radius 1 is 1.39 bits per heavy atom. The minimum atomic E-state index is -0.838. The van der Waals surface area contributed by atoms with Crippen LogP contribution in [-0.4, -0.2) is 20.6 Å². The van der Waals surface area contributed by atoms with E-state index < -0.39 is 5.97 Å². The van der Waals surface area contributed by atoms with Gasteiger partial charge in [0.05, 0.1) is 10.9 Å². The van der Waals surface area contributed by atoms with Crippen LogP contribution in [0.25, 0.3) is 10.9 Å². The minimum absolute atomic E-state index is 0.0786. The Balaban J connectivity index is 2.46. The summed E-state index contributed by atoms with van der Waals surface area (Å²) in [5.41, 5.74) is 0.515. The number of carboxylic acids is 1. The number of aromatic amines is 1. The monoisotopic (exact) mass is 264 g/mol. The van der Waals surface area contributed by atoms with Crippen molar-refractivity contribution in [1.29, 1.82) is 0 Å². The first kappa shape index (κ1) is 12.5. The lowest BCUT2D eigenvalue weighted by molar-refractivity contribution is -0.137. The average Bonchev–Trinajstić information content (AvgIpc) is 2.33. The Labute approximate surface area is 108 Å². The Morgan fingerprint density at radius 3 is 2.83 bits per heavy atom. The number of hydrogen-bond donors (Lipinski definition) is 2. The summed E-state index contributed by atoms with van der Waals surface area (Å²) < 4.78 is 2.08. The third-order valence-electron chi connectivity index (χ3n) is 2.68. The molecule has 0 spiro atoms. The lowest BCUT2D eigenvalue weighted by atomic mass is 10.2. The van der Waals surface area contributed by atoms with Gasteiger partial charge in [-0.1, -0.05) is 12.1 Å². The first-order valence-electron chi connectivity index (χ1n) is 5.53. The molecule has 5 nitrogen and oxygen atoms in total. The highest BCUT2D eigenvalue weighted by molar-refractivity contribution is 7.71. The van der Waals surface area contributed by atoms with Gasteiger partial charge in [0.25, 0.3) is 5.56 Å². The number of carbonyl (C=O) groups is 1. The SMILES string of the molecule is O=C(O)CCCn1c(=S)[nH]c(=O)c2ccccc21. The lowest BCUT2D eigenvalue weighted by Gasteiger charge is -2.09. The number of para-hydroxylation sites is 1. The number of aromatic nitrogens is 2. The fraction of sp³-hybridized carbons (Fsp3) is 0.250. The van der Waals surface area contributed by atoms with E-state index in [1.807, 2.05) is 6.07 Å². The van der Waals surface area contributed by atoms with Gasteiger partial charge in [0.15, 0.2) is 4.77 Å². The topological polar surface area (TPSA) is 75.1 Å². The maximum Gasteiger partial charge on any atom is 0.303 e. The minimum Gasteiger partial charge on any atom is -0.481 e. The van der Waals surface area contributed by atoms with Crippen LogP contribution in [0.3, 0.4) is 0 Å². The average molecular weight is 264 g/mol. The van der Waals surface area contributed by atoms with Crippen LogP contribution in [-0.2, 0) is 11.3 Å². The van der Waals surface area contributed by atoms with E-state index >= 15 is 0 Å². The number of aryl methyl sites for hydroxylation is 1. The first-order chi connectivity index (χ1) is 8.59. The van der Waals surface area contributed by atoms with Gasteiger partial charge in [0.2, 0.25) is 0 Å². The Kier molecular flexibility index (Phi) is 3.57. The highest BCUT2D eigenvalue weighted by Crippen LogP contribution is 2.10. The molecule has 0 unspecified atom stereocenters. The number of hydrogen-bond acceptors (Lipinski definition) is 3. The molecule has 0 aliphatic carbocycles. The van der Waals surface area contributed by atoms with E-state index in [-0.39, 0.29) is 12.0 Å². The normalized spacial score (nSPS) is 10.7. The number of nitrogens with one attached hydrogen (secondary N) is 1. The first-order valence-corrected chi connectivity index (χ1v) is 5.94. The van der Waals surface area contributed by atoms with Crippen LogP contribution in [0.2, 0.25) is 0 Å². The number of fused-ring (bicyclic) bond motifs is 1. The smallest absolute Gasteiger partial charge is 0.303 e. The van der Waals surface area contributed by atoms with Crippen LogP contribution in [0.4, 0.5) is 0 Å². The number of nitrogens with zero attached hydrogens (tertiary/aromatic N) is 1. The van der Waals surface area contributed by atoms with Crippen molar-refractivity contribution in [3.63, 3.8) is 0 Å². The van der Waals surface area contributed by atoms with Gasteiger partial charge >= 0.3 is 5.97 Å². The molecule has 1 aromatic carbocycles. The molecule has 1 heterocycles. The van der Waals surface area contributed by atoms with Gasteiger partial charge in [-0.2, -0.15) is 0 Å². The summed E-state index contributed by atoms with van der Waals surface area (Å²) in [7, 11) is 0. The third-order valence-corrected chi connectivity index (χ3v) is 3.00. The standard InChI is InChI=1S/C12H12N2O3S/c15-10(16)6-3-7-14-9-5-2-1-4-8(9)11(17)13-12(14)18/h1-2,4-5H,3,6-7H2,(H,15,16)(H,13,17,18). The molecule has 0 bridgehead atoms. The molecule has 0 atom stereocenters. The van der Waals surface area contributed by atoms with Crippen molar-refractivity contribution >= 4 is 29.1 Å². The van der Waals surface area contributed by atoms with Crippen molar-refractivity contribution in [3.05, 3.63) is 39.4 Å². The molecule has 18 heavy (non-hydrogen) atoms. The predicted octanol–water partition coefficient (Wildman–Crippen LogP) is 1.92. The van der Waals surface area contributed by atoms with Crippen LogP contribution in [0.5, 0.6) is 0 Å². The Hall–Kier alpha value is -1.95. The van der Waals surface area contributed by atoms with Gasteiger partial charge in [-0.25, -0.2) is 0 Å². The number of rotatable bonds is 4. The zero-order valence-corrected chi connectivity index (χ0v) is 10.4. The fourth-order valence-corrected chi connectivity index (χ4v) is 2.14. The van der Waals surface area contributed by atoms with E-state index in [0.29, 0.717) is 23.1 Å². The fourth-order valence-electron chi connectivity index (χ4n) is 1.85. The number of H-pyrrole nitrogens is 1. The second kappa shape index (κ2) is 5.14. The molecular weight excluding hydrogens is 252 g/mol. The lowest BCUT2D eigenvalue weighted by Crippen LogP contribution is -2.15. The highest BCUT2D eigenvalue weighted by Gasteiger charge is 2.05. The van der Waals surface area contributed by atoms with Crippen molar-refractivity contribution in [2.45, 2.75) is 19.4 Å². The van der Waals surface area contributed by atoms with Crippen LogP contribution in [0.1, 0.15) is 12.8 Å². The van der Waals surface area contributed by atoms with E-state index in [9.17, 15) is 9.59 Å². The molecule has 1 aromatic heterocycles. The molecule has 0 amide bonds. The summed E-state index contributed by atoms with van der Waals surface area (Å²) >= 11 is 5.11. The van der Waals surface area contributed by atoms with Gasteiger partial charge in [0.1, 0.15) is 0 Å². The van der Waals surface area contributed by atoms with Crippen molar-refractivity contribution in [2.75, 3.05) is 0 Å². The van der Waals surface area contributed by atoms with E-state index in [4.69, 9.17) is 17.3 Å². The summed E-state index contributed by atoms with van der Waals surface area (Å²) in [6, 6.07) is 7.13. The molecule has 94 valence electrons. The third kappa shape index (κ3) is 2.48. The van der Waals surface area contributed by atoms with E-state index in [0.717, 1.165) is 5.52 Å². The quantitative estimate of drug-likeness (QED) is 0.827. The van der Waals surface area contributed by atoms with E-state index in [1.165, 1.54) is 0 Å². The second-order valence-corrected chi connectivity index (χ2v) is 4.31. The van der Waals surface area contributed by atoms with Gasteiger partial charge in [-0.05, 0) is 30.8 Å². The van der Waals surface area contributed by atoms with E-state index in [1.54, 1.807) is 22.8 Å². The Bertz CT molecular complexity index is 702. The molecule has 0 aliphatic rings. The van der Waals surface area contributed by atoms with Crippen molar-refractivity contribution < 1.29 is 9.90 Å². The molecule has 2 aromatic rings. The van der Waals surface area contributed by atoms with Crippen molar-refractivity contribution in [3.8, 4) is 0 Å². The molecule has 0 fully saturated rings. The maximum absolute atomic E-state index is 11.7. The summed E-state index contributed by atoms with van der Waals surface area (Å²) in [6.45, 7) is 0.475. The molecule has 0 saturated heterocycles. The largest absolute Gasteiger partial charge is 0.481 e. The van der Waals surface area contributed by atoms with Crippen LogP contribution >= 0.6 is 12.2 Å². The predicted molar refractivity (Wildman–Crippen MR) is 70.3 cm³/mol. The van der Waals surface area contributed by atoms with Gasteiger partial charge in [-0.15, -0.1) is 0 Å². The van der Waals surface area contributed by atoms with Gasteiger partial charge in [0, 0.05) is 13.0 Å². The molecule has 2 N–H and O–H groups in total. The molecule has 2 rings (SSSR count). The number of benzene rings is 1. The zero-order chi connectivity index (χ0) is 13.1. The number of aliphatic carboxylic acids is 1. The zero-order valence-electron chi connectivity index (χ0n) is 9.55. The van der Waals surface area contributed by atoms with Gasteiger partial charge in [-0.3, -0.25) is 14.6 Å². The van der Waals surface area contributed by atoms with Crippen molar-refractivity contribution in [2.24, 2.45) is 0 Å². The summed E-state index contributed by atoms with van der Waals surface area (Å²) in [5, 5.41) is 9.18. The highest BCUT2D eigenvalue weighted by atomic mass is 32.1. The molecule has 6 heteroatoms. The second-order valence-electron chi connectivity index (χ2n) is 3.93. The molecule has 0 radical (unpaired) electrons. The molecular formula is C12H12N2O3S. The maximum atomic E-state index is 11.7. The Morgan fingerprint density at radius 2 is 2.11 bits per heavy atom. The van der Waals surface area contributed by atoms with E-state index in [2.05, 4.69) is 4.98 Å². The van der Waals surface area contributed by atoms with Crippen molar-refractivity contribution in [1.82, 2.24) is 9.55 Å².